The summed E-state index contributed by atoms with van der Waals surface area (Å²) >= 11 is 7.22. The van der Waals surface area contributed by atoms with Crippen LogP contribution in [0.25, 0.3) is 0 Å². The van der Waals surface area contributed by atoms with E-state index in [4.69, 9.17) is 0 Å². The third kappa shape index (κ3) is 3.02. The highest BCUT2D eigenvalue weighted by Gasteiger charge is 2.27. The Kier molecular flexibility index (Phi) is 4.59. The van der Waals surface area contributed by atoms with Crippen LogP contribution < -0.4 is 0 Å². The molecule has 0 aliphatic heterocycles. The maximum atomic E-state index is 3.61. The average Bonchev–Trinajstić information content (AvgIpc) is 2.57. The minimum atomic E-state index is 0.481. The van der Waals surface area contributed by atoms with Gasteiger partial charge in [-0.05, 0) is 17.8 Å². The molecule has 2 heteroatoms. The van der Waals surface area contributed by atoms with Crippen molar-refractivity contribution in [2.45, 2.75) is 39.0 Å². The first-order valence-electron chi connectivity index (χ1n) is 4.82. The van der Waals surface area contributed by atoms with Gasteiger partial charge in [0.25, 0.3) is 0 Å². The lowest BCUT2D eigenvalue weighted by atomic mass is 9.84. The molecule has 72 valence electrons. The number of hydrogen-bond donors (Lipinski definition) is 0. The lowest BCUT2D eigenvalue weighted by molar-refractivity contribution is 0.314. The first-order valence-corrected chi connectivity index (χ1v) is 7.06. The standard InChI is InChI=1S/C10H18Br2/c1-10(7-11,8-12)6-9-4-2-3-5-9/h9H,2-8H2,1H3. The maximum Gasteiger partial charge on any atom is 0.00934 e. The van der Waals surface area contributed by atoms with Crippen LogP contribution in [0.3, 0.4) is 0 Å². The van der Waals surface area contributed by atoms with Crippen molar-refractivity contribution in [1.82, 2.24) is 0 Å². The fourth-order valence-electron chi connectivity index (χ4n) is 2.06. The summed E-state index contributed by atoms with van der Waals surface area (Å²) < 4.78 is 0. The summed E-state index contributed by atoms with van der Waals surface area (Å²) in [6, 6.07) is 0. The topological polar surface area (TPSA) is 0 Å². The SMILES string of the molecule is CC(CBr)(CBr)CC1CCCC1. The highest BCUT2D eigenvalue weighted by Crippen LogP contribution is 2.37. The summed E-state index contributed by atoms with van der Waals surface area (Å²) in [7, 11) is 0. The average molecular weight is 298 g/mol. The normalized spacial score (nSPS) is 20.2. The Morgan fingerprint density at radius 1 is 1.17 bits per heavy atom. The third-order valence-electron chi connectivity index (χ3n) is 2.90. The second-order valence-corrected chi connectivity index (χ2v) is 5.55. The van der Waals surface area contributed by atoms with E-state index < -0.39 is 0 Å². The number of alkyl halides is 2. The van der Waals surface area contributed by atoms with Gasteiger partial charge >= 0.3 is 0 Å². The van der Waals surface area contributed by atoms with Crippen LogP contribution in [0.5, 0.6) is 0 Å². The quantitative estimate of drug-likeness (QED) is 0.676. The van der Waals surface area contributed by atoms with Gasteiger partial charge in [0.05, 0.1) is 0 Å². The van der Waals surface area contributed by atoms with Gasteiger partial charge in [0.2, 0.25) is 0 Å². The largest absolute Gasteiger partial charge is 0.0922 e. The van der Waals surface area contributed by atoms with E-state index in [2.05, 4.69) is 38.8 Å². The van der Waals surface area contributed by atoms with Gasteiger partial charge in [-0.15, -0.1) is 0 Å². The Labute approximate surface area is 92.8 Å². The second-order valence-electron chi connectivity index (χ2n) is 4.43. The number of hydrogen-bond acceptors (Lipinski definition) is 0. The molecule has 1 fully saturated rings. The van der Waals surface area contributed by atoms with Crippen molar-refractivity contribution in [3.8, 4) is 0 Å². The van der Waals surface area contributed by atoms with Crippen LogP contribution in [0.15, 0.2) is 0 Å². The van der Waals surface area contributed by atoms with Gasteiger partial charge in [-0.1, -0.05) is 64.5 Å². The smallest absolute Gasteiger partial charge is 0.00934 e. The molecule has 0 radical (unpaired) electrons. The van der Waals surface area contributed by atoms with Crippen LogP contribution in [-0.2, 0) is 0 Å². The Hall–Kier alpha value is 0.960. The van der Waals surface area contributed by atoms with E-state index in [0.29, 0.717) is 5.41 Å². The molecule has 0 atom stereocenters. The van der Waals surface area contributed by atoms with Gasteiger partial charge < -0.3 is 0 Å². The van der Waals surface area contributed by atoms with E-state index >= 15 is 0 Å². The van der Waals surface area contributed by atoms with Gasteiger partial charge in [-0.2, -0.15) is 0 Å². The van der Waals surface area contributed by atoms with E-state index in [9.17, 15) is 0 Å². The fourth-order valence-corrected chi connectivity index (χ4v) is 3.44. The molecule has 0 saturated heterocycles. The Bertz CT molecular complexity index is 124. The predicted molar refractivity (Wildman–Crippen MR) is 62.3 cm³/mol. The monoisotopic (exact) mass is 296 g/mol. The molecule has 0 aromatic carbocycles. The first kappa shape index (κ1) is 11.0. The van der Waals surface area contributed by atoms with Crippen molar-refractivity contribution >= 4 is 31.9 Å². The Balaban J connectivity index is 2.35. The van der Waals surface area contributed by atoms with Gasteiger partial charge in [0, 0.05) is 10.7 Å². The molecule has 0 heterocycles. The zero-order valence-corrected chi connectivity index (χ0v) is 11.0. The molecule has 0 unspecified atom stereocenters. The predicted octanol–water partition coefficient (Wildman–Crippen LogP) is 4.36. The lowest BCUT2D eigenvalue weighted by Crippen LogP contribution is -2.23. The molecule has 0 bridgehead atoms. The molecule has 1 rings (SSSR count). The highest BCUT2D eigenvalue weighted by atomic mass is 79.9. The fraction of sp³-hybridized carbons (Fsp3) is 1.00. The minimum absolute atomic E-state index is 0.481. The van der Waals surface area contributed by atoms with Crippen LogP contribution in [0, 0.1) is 11.3 Å². The molecule has 0 nitrogen and oxygen atoms in total. The van der Waals surface area contributed by atoms with Gasteiger partial charge in [-0.25, -0.2) is 0 Å². The molecular weight excluding hydrogens is 280 g/mol. The van der Waals surface area contributed by atoms with Crippen LogP contribution in [0.1, 0.15) is 39.0 Å². The molecule has 0 spiro atoms. The summed E-state index contributed by atoms with van der Waals surface area (Å²) in [4.78, 5) is 0. The van der Waals surface area contributed by atoms with Crippen LogP contribution in [0.4, 0.5) is 0 Å². The molecule has 0 amide bonds. The van der Waals surface area contributed by atoms with E-state index in [1.165, 1.54) is 32.1 Å². The zero-order chi connectivity index (χ0) is 9.03. The van der Waals surface area contributed by atoms with Gasteiger partial charge in [0.15, 0.2) is 0 Å². The van der Waals surface area contributed by atoms with E-state index in [1.54, 1.807) is 0 Å². The van der Waals surface area contributed by atoms with Crippen LogP contribution in [0.2, 0.25) is 0 Å². The Morgan fingerprint density at radius 3 is 2.08 bits per heavy atom. The number of rotatable bonds is 4. The summed E-state index contributed by atoms with van der Waals surface area (Å²) in [5.74, 6) is 1.00. The zero-order valence-electron chi connectivity index (χ0n) is 7.78. The van der Waals surface area contributed by atoms with Gasteiger partial charge in [0.1, 0.15) is 0 Å². The van der Waals surface area contributed by atoms with Crippen LogP contribution >= 0.6 is 31.9 Å². The first-order chi connectivity index (χ1) is 5.70. The summed E-state index contributed by atoms with van der Waals surface area (Å²) in [6.45, 7) is 2.37. The molecule has 0 N–H and O–H groups in total. The maximum absolute atomic E-state index is 3.61. The molecule has 0 aromatic rings. The van der Waals surface area contributed by atoms with Crippen molar-refractivity contribution in [2.75, 3.05) is 10.7 Å². The van der Waals surface area contributed by atoms with E-state index in [-0.39, 0.29) is 0 Å². The number of halogens is 2. The molecular formula is C10H18Br2. The molecule has 12 heavy (non-hydrogen) atoms. The van der Waals surface area contributed by atoms with Crippen molar-refractivity contribution in [3.63, 3.8) is 0 Å². The van der Waals surface area contributed by atoms with Crippen molar-refractivity contribution in [3.05, 3.63) is 0 Å². The summed E-state index contributed by atoms with van der Waals surface area (Å²) in [5.41, 5.74) is 0.481. The second kappa shape index (κ2) is 4.99. The van der Waals surface area contributed by atoms with Crippen LogP contribution in [-0.4, -0.2) is 10.7 Å². The molecule has 0 aromatic heterocycles. The van der Waals surface area contributed by atoms with Crippen molar-refractivity contribution in [1.29, 1.82) is 0 Å². The van der Waals surface area contributed by atoms with Crippen molar-refractivity contribution < 1.29 is 0 Å². The lowest BCUT2D eigenvalue weighted by Gasteiger charge is -2.27. The highest BCUT2D eigenvalue weighted by molar-refractivity contribution is 9.09. The van der Waals surface area contributed by atoms with Gasteiger partial charge in [-0.3, -0.25) is 0 Å². The van der Waals surface area contributed by atoms with E-state index in [1.807, 2.05) is 0 Å². The molecule has 1 aliphatic rings. The Morgan fingerprint density at radius 2 is 1.67 bits per heavy atom. The molecule has 1 saturated carbocycles. The van der Waals surface area contributed by atoms with Crippen molar-refractivity contribution in [2.24, 2.45) is 11.3 Å². The van der Waals surface area contributed by atoms with E-state index in [0.717, 1.165) is 16.6 Å². The summed E-state index contributed by atoms with van der Waals surface area (Å²) in [6.07, 6.45) is 7.26. The summed E-state index contributed by atoms with van der Waals surface area (Å²) in [5, 5.41) is 2.25. The minimum Gasteiger partial charge on any atom is -0.0922 e. The third-order valence-corrected chi connectivity index (χ3v) is 5.61. The molecule has 1 aliphatic carbocycles.